The molecule has 0 saturated heterocycles. The van der Waals surface area contributed by atoms with Crippen LogP contribution >= 0.6 is 11.6 Å². The van der Waals surface area contributed by atoms with E-state index in [0.717, 1.165) is 22.6 Å². The minimum Gasteiger partial charge on any atom is -0.497 e. The lowest BCUT2D eigenvalue weighted by Gasteiger charge is -2.34. The molecule has 2 aliphatic rings. The Morgan fingerprint density at radius 3 is 2.72 bits per heavy atom. The summed E-state index contributed by atoms with van der Waals surface area (Å²) >= 11 is 6.22. The molecule has 0 amide bonds. The van der Waals surface area contributed by atoms with Crippen LogP contribution in [-0.4, -0.2) is 33.1 Å². The standard InChI is InChI=1S/C21H18ClN5O2/c1-29-16-7-5-12(6-8-16)14-10-17-19(18(28)11-14)20(13-3-2-4-15(22)9-13)27-21(23-17)24-25-26-27/h2-9,14,20H,10-11H2,1H3,(H,23,24,26). The van der Waals surface area contributed by atoms with E-state index in [-0.39, 0.29) is 17.7 Å². The molecule has 1 N–H and O–H groups in total. The molecule has 3 aromatic rings. The van der Waals surface area contributed by atoms with E-state index >= 15 is 0 Å². The van der Waals surface area contributed by atoms with Crippen LogP contribution in [0.3, 0.4) is 0 Å². The van der Waals surface area contributed by atoms with E-state index in [1.54, 1.807) is 11.8 Å². The number of carbonyl (C=O) groups excluding carboxylic acids is 1. The quantitative estimate of drug-likeness (QED) is 0.712. The Bertz CT molecular complexity index is 1120. The maximum absolute atomic E-state index is 13.3. The number of nitrogens with one attached hydrogen (secondary N) is 1. The van der Waals surface area contributed by atoms with Gasteiger partial charge in [0.1, 0.15) is 11.8 Å². The number of benzene rings is 2. The van der Waals surface area contributed by atoms with Gasteiger partial charge in [0.15, 0.2) is 5.78 Å². The molecular formula is C21H18ClN5O2. The molecule has 0 bridgehead atoms. The first-order chi connectivity index (χ1) is 14.1. The molecule has 2 atom stereocenters. The lowest BCUT2D eigenvalue weighted by atomic mass is 9.78. The number of allylic oxidation sites excluding steroid dienone is 2. The number of nitrogens with zero attached hydrogens (tertiary/aromatic N) is 4. The summed E-state index contributed by atoms with van der Waals surface area (Å²) in [6.07, 6.45) is 1.14. The highest BCUT2D eigenvalue weighted by molar-refractivity contribution is 6.30. The fraction of sp³-hybridized carbons (Fsp3) is 0.238. The van der Waals surface area contributed by atoms with E-state index in [2.05, 4.69) is 20.8 Å². The lowest BCUT2D eigenvalue weighted by Crippen LogP contribution is -2.33. The molecule has 2 aromatic carbocycles. The number of carbonyl (C=O) groups is 1. The number of anilines is 1. The average molecular weight is 408 g/mol. The molecule has 0 saturated carbocycles. The van der Waals surface area contributed by atoms with Gasteiger partial charge in [-0.05, 0) is 58.2 Å². The third-order valence-electron chi connectivity index (χ3n) is 5.53. The zero-order valence-electron chi connectivity index (χ0n) is 15.7. The Hall–Kier alpha value is -3.19. The molecule has 0 radical (unpaired) electrons. The number of aromatic nitrogens is 4. The summed E-state index contributed by atoms with van der Waals surface area (Å²) in [5.74, 6) is 1.50. The number of hydrogen-bond donors (Lipinski definition) is 1. The summed E-state index contributed by atoms with van der Waals surface area (Å²) in [6, 6.07) is 15.0. The van der Waals surface area contributed by atoms with Gasteiger partial charge in [-0.15, -0.1) is 0 Å². The second kappa shape index (κ2) is 7.00. The molecule has 7 nitrogen and oxygen atoms in total. The summed E-state index contributed by atoms with van der Waals surface area (Å²) in [7, 11) is 1.64. The minimum atomic E-state index is -0.390. The van der Waals surface area contributed by atoms with E-state index in [1.807, 2.05) is 48.5 Å². The van der Waals surface area contributed by atoms with Crippen LogP contribution < -0.4 is 10.1 Å². The summed E-state index contributed by atoms with van der Waals surface area (Å²) in [5.41, 5.74) is 3.57. The van der Waals surface area contributed by atoms with Crippen molar-refractivity contribution < 1.29 is 9.53 Å². The van der Waals surface area contributed by atoms with Crippen LogP contribution in [0.25, 0.3) is 0 Å². The Labute approximate surface area is 172 Å². The first-order valence-corrected chi connectivity index (χ1v) is 9.72. The molecular weight excluding hydrogens is 390 g/mol. The predicted octanol–water partition coefficient (Wildman–Crippen LogP) is 3.75. The number of halogens is 1. The first-order valence-electron chi connectivity index (χ1n) is 9.34. The fourth-order valence-electron chi connectivity index (χ4n) is 4.17. The molecule has 0 fully saturated rings. The molecule has 2 heterocycles. The van der Waals surface area contributed by atoms with Crippen molar-refractivity contribution in [2.45, 2.75) is 24.8 Å². The Morgan fingerprint density at radius 1 is 1.14 bits per heavy atom. The largest absolute Gasteiger partial charge is 0.497 e. The smallest absolute Gasteiger partial charge is 0.248 e. The van der Waals surface area contributed by atoms with Crippen LogP contribution in [0.5, 0.6) is 5.75 Å². The zero-order valence-corrected chi connectivity index (χ0v) is 16.4. The number of tetrazole rings is 1. The van der Waals surface area contributed by atoms with Crippen molar-refractivity contribution in [2.24, 2.45) is 0 Å². The summed E-state index contributed by atoms with van der Waals surface area (Å²) in [6.45, 7) is 0. The van der Waals surface area contributed by atoms with Gasteiger partial charge >= 0.3 is 0 Å². The monoisotopic (exact) mass is 407 g/mol. The Morgan fingerprint density at radius 2 is 1.97 bits per heavy atom. The summed E-state index contributed by atoms with van der Waals surface area (Å²) in [4.78, 5) is 13.3. The zero-order chi connectivity index (χ0) is 20.0. The van der Waals surface area contributed by atoms with Crippen LogP contribution in [-0.2, 0) is 4.79 Å². The van der Waals surface area contributed by atoms with Gasteiger partial charge in [0, 0.05) is 22.7 Å². The number of ketones is 1. The summed E-state index contributed by atoms with van der Waals surface area (Å²) in [5, 5.41) is 15.9. The number of ether oxygens (including phenoxy) is 1. The van der Waals surface area contributed by atoms with E-state index in [9.17, 15) is 4.79 Å². The van der Waals surface area contributed by atoms with E-state index in [4.69, 9.17) is 16.3 Å². The number of methoxy groups -OCH3 is 1. The van der Waals surface area contributed by atoms with Crippen LogP contribution in [0, 0.1) is 0 Å². The molecule has 5 rings (SSSR count). The second-order valence-electron chi connectivity index (χ2n) is 7.22. The van der Waals surface area contributed by atoms with Crippen LogP contribution in [0.1, 0.15) is 35.9 Å². The molecule has 8 heteroatoms. The van der Waals surface area contributed by atoms with Crippen molar-refractivity contribution in [3.05, 3.63) is 76.0 Å². The molecule has 146 valence electrons. The van der Waals surface area contributed by atoms with Crippen LogP contribution in [0.15, 0.2) is 59.8 Å². The minimum absolute atomic E-state index is 0.0853. The van der Waals surface area contributed by atoms with Gasteiger partial charge in [0.05, 0.1) is 7.11 Å². The maximum Gasteiger partial charge on any atom is 0.248 e. The van der Waals surface area contributed by atoms with Gasteiger partial charge in [-0.25, -0.2) is 0 Å². The van der Waals surface area contributed by atoms with Crippen molar-refractivity contribution in [3.63, 3.8) is 0 Å². The highest BCUT2D eigenvalue weighted by Crippen LogP contribution is 2.44. The average Bonchev–Trinajstić information content (AvgIpc) is 3.20. The highest BCUT2D eigenvalue weighted by Gasteiger charge is 2.39. The molecule has 1 aliphatic carbocycles. The summed E-state index contributed by atoms with van der Waals surface area (Å²) < 4.78 is 6.89. The number of rotatable bonds is 3. The van der Waals surface area contributed by atoms with Crippen molar-refractivity contribution in [3.8, 4) is 5.75 Å². The van der Waals surface area contributed by atoms with Crippen molar-refractivity contribution in [1.29, 1.82) is 0 Å². The van der Waals surface area contributed by atoms with Gasteiger partial charge in [-0.1, -0.05) is 41.0 Å². The van der Waals surface area contributed by atoms with Crippen molar-refractivity contribution >= 4 is 23.3 Å². The SMILES string of the molecule is COc1ccc(C2CC(=O)C3=C(C2)Nc2nnnn2C3c2cccc(Cl)c2)cc1. The predicted molar refractivity (Wildman–Crippen MR) is 108 cm³/mol. The third-order valence-corrected chi connectivity index (χ3v) is 5.77. The normalized spacial score (nSPS) is 20.7. The number of fused-ring (bicyclic) bond motifs is 1. The molecule has 0 spiro atoms. The second-order valence-corrected chi connectivity index (χ2v) is 7.66. The van der Waals surface area contributed by atoms with Gasteiger partial charge in [0.2, 0.25) is 5.95 Å². The Kier molecular flexibility index (Phi) is 4.32. The lowest BCUT2D eigenvalue weighted by molar-refractivity contribution is -0.116. The third kappa shape index (κ3) is 3.07. The van der Waals surface area contributed by atoms with Crippen molar-refractivity contribution in [1.82, 2.24) is 20.2 Å². The van der Waals surface area contributed by atoms with Crippen LogP contribution in [0.2, 0.25) is 5.02 Å². The first kappa shape index (κ1) is 17.9. The van der Waals surface area contributed by atoms with Gasteiger partial charge in [-0.2, -0.15) is 4.68 Å². The van der Waals surface area contributed by atoms with Crippen LogP contribution in [0.4, 0.5) is 5.95 Å². The fourth-order valence-corrected chi connectivity index (χ4v) is 4.37. The van der Waals surface area contributed by atoms with Gasteiger partial charge < -0.3 is 10.1 Å². The Balaban J connectivity index is 1.56. The van der Waals surface area contributed by atoms with Crippen molar-refractivity contribution in [2.75, 3.05) is 12.4 Å². The van der Waals surface area contributed by atoms with E-state index < -0.39 is 0 Å². The topological polar surface area (TPSA) is 81.9 Å². The number of hydrogen-bond acceptors (Lipinski definition) is 6. The van der Waals surface area contributed by atoms with E-state index in [1.165, 1.54) is 0 Å². The number of Topliss-reactive ketones (excluding diaryl/α,β-unsaturated/α-hetero) is 1. The molecule has 29 heavy (non-hydrogen) atoms. The molecule has 1 aromatic heterocycles. The highest BCUT2D eigenvalue weighted by atomic mass is 35.5. The molecule has 2 unspecified atom stereocenters. The van der Waals surface area contributed by atoms with Gasteiger partial charge in [-0.3, -0.25) is 4.79 Å². The maximum atomic E-state index is 13.3. The van der Waals surface area contributed by atoms with Gasteiger partial charge in [0.25, 0.3) is 0 Å². The van der Waals surface area contributed by atoms with E-state index in [0.29, 0.717) is 29.4 Å². The molecule has 1 aliphatic heterocycles.